The second-order valence-corrected chi connectivity index (χ2v) is 6.51. The lowest BCUT2D eigenvalue weighted by molar-refractivity contribution is -0.130. The summed E-state index contributed by atoms with van der Waals surface area (Å²) in [6.45, 7) is 1.60. The highest BCUT2D eigenvalue weighted by atomic mass is 35.5. The van der Waals surface area contributed by atoms with Crippen molar-refractivity contribution in [2.45, 2.75) is 44.7 Å². The second kappa shape index (κ2) is 8.02. The summed E-state index contributed by atoms with van der Waals surface area (Å²) >= 11 is 12.0. The number of nitrogens with one attached hydrogen (secondary N) is 1. The van der Waals surface area contributed by atoms with Crippen molar-refractivity contribution in [3.05, 3.63) is 33.8 Å². The molecule has 1 aromatic carbocycles. The SMILES string of the molecule is CN(Cc1ccc(Cl)cc1Cl)C(=O)CCC1CCCCN1. The van der Waals surface area contributed by atoms with Gasteiger partial charge >= 0.3 is 0 Å². The molecule has 1 N–H and O–H groups in total. The van der Waals surface area contributed by atoms with Crippen LogP contribution in [-0.4, -0.2) is 30.4 Å². The van der Waals surface area contributed by atoms with Crippen LogP contribution in [0.3, 0.4) is 0 Å². The molecule has 0 radical (unpaired) electrons. The molecular weight excluding hydrogens is 307 g/mol. The number of nitrogens with zero attached hydrogens (tertiary/aromatic N) is 1. The Bertz CT molecular complexity index is 487. The fourth-order valence-corrected chi connectivity index (χ4v) is 3.12. The highest BCUT2D eigenvalue weighted by Gasteiger charge is 2.16. The maximum Gasteiger partial charge on any atom is 0.222 e. The average molecular weight is 329 g/mol. The number of piperidine rings is 1. The van der Waals surface area contributed by atoms with E-state index in [0.717, 1.165) is 18.5 Å². The molecule has 1 atom stereocenters. The van der Waals surface area contributed by atoms with E-state index in [9.17, 15) is 4.79 Å². The Morgan fingerprint density at radius 2 is 2.19 bits per heavy atom. The van der Waals surface area contributed by atoms with Crippen LogP contribution in [-0.2, 0) is 11.3 Å². The number of rotatable bonds is 5. The van der Waals surface area contributed by atoms with Gasteiger partial charge in [0.2, 0.25) is 5.91 Å². The zero-order chi connectivity index (χ0) is 15.2. The van der Waals surface area contributed by atoms with E-state index in [1.54, 1.807) is 17.0 Å². The maximum absolute atomic E-state index is 12.2. The van der Waals surface area contributed by atoms with Gasteiger partial charge in [0.1, 0.15) is 0 Å². The zero-order valence-corrected chi connectivity index (χ0v) is 13.9. The second-order valence-electron chi connectivity index (χ2n) is 5.67. The normalized spacial score (nSPS) is 18.5. The number of amides is 1. The number of benzene rings is 1. The van der Waals surface area contributed by atoms with Crippen molar-refractivity contribution in [2.75, 3.05) is 13.6 Å². The third-order valence-corrected chi connectivity index (χ3v) is 4.55. The van der Waals surface area contributed by atoms with Crippen molar-refractivity contribution >= 4 is 29.1 Å². The van der Waals surface area contributed by atoms with Crippen LogP contribution in [0, 0.1) is 0 Å². The van der Waals surface area contributed by atoms with Crippen LogP contribution in [0.15, 0.2) is 18.2 Å². The molecule has 2 rings (SSSR count). The standard InChI is InChI=1S/C16H22Cl2N2O/c1-20(11-12-5-6-13(17)10-15(12)18)16(21)8-7-14-4-2-3-9-19-14/h5-6,10,14,19H,2-4,7-9,11H2,1H3. The fraction of sp³-hybridized carbons (Fsp3) is 0.562. The lowest BCUT2D eigenvalue weighted by Gasteiger charge is -2.24. The lowest BCUT2D eigenvalue weighted by atomic mass is 10.0. The van der Waals surface area contributed by atoms with E-state index >= 15 is 0 Å². The largest absolute Gasteiger partial charge is 0.341 e. The fourth-order valence-electron chi connectivity index (χ4n) is 2.65. The van der Waals surface area contributed by atoms with Gasteiger partial charge in [-0.1, -0.05) is 35.7 Å². The van der Waals surface area contributed by atoms with Gasteiger partial charge in [-0.25, -0.2) is 0 Å². The number of halogens is 2. The van der Waals surface area contributed by atoms with E-state index < -0.39 is 0 Å². The van der Waals surface area contributed by atoms with E-state index in [-0.39, 0.29) is 5.91 Å². The topological polar surface area (TPSA) is 32.3 Å². The number of carbonyl (C=O) groups excluding carboxylic acids is 1. The molecule has 0 aromatic heterocycles. The van der Waals surface area contributed by atoms with Gasteiger partial charge in [0, 0.05) is 36.1 Å². The summed E-state index contributed by atoms with van der Waals surface area (Å²) in [5, 5.41) is 4.69. The number of hydrogen-bond donors (Lipinski definition) is 1. The van der Waals surface area contributed by atoms with E-state index in [2.05, 4.69) is 5.32 Å². The van der Waals surface area contributed by atoms with Gasteiger partial charge in [0.25, 0.3) is 0 Å². The summed E-state index contributed by atoms with van der Waals surface area (Å²) in [5.41, 5.74) is 0.924. The van der Waals surface area contributed by atoms with Crippen LogP contribution >= 0.6 is 23.2 Å². The summed E-state index contributed by atoms with van der Waals surface area (Å²) in [6, 6.07) is 5.88. The zero-order valence-electron chi connectivity index (χ0n) is 12.4. The van der Waals surface area contributed by atoms with Crippen LogP contribution < -0.4 is 5.32 Å². The molecule has 1 aliphatic heterocycles. The Morgan fingerprint density at radius 1 is 1.38 bits per heavy atom. The van der Waals surface area contributed by atoms with Crippen LogP contribution in [0.2, 0.25) is 10.0 Å². The van der Waals surface area contributed by atoms with Crippen molar-refractivity contribution in [3.63, 3.8) is 0 Å². The molecular formula is C16H22Cl2N2O. The predicted octanol–water partition coefficient (Wildman–Crippen LogP) is 3.87. The van der Waals surface area contributed by atoms with E-state index in [1.165, 1.54) is 19.3 Å². The highest BCUT2D eigenvalue weighted by molar-refractivity contribution is 6.35. The first-order valence-electron chi connectivity index (χ1n) is 7.47. The first kappa shape index (κ1) is 16.6. The third kappa shape index (κ3) is 5.17. The molecule has 1 heterocycles. The Morgan fingerprint density at radius 3 is 2.86 bits per heavy atom. The molecule has 1 amide bonds. The van der Waals surface area contributed by atoms with Gasteiger partial charge in [-0.05, 0) is 43.5 Å². The van der Waals surface area contributed by atoms with E-state index in [0.29, 0.717) is 29.1 Å². The van der Waals surface area contributed by atoms with Crippen LogP contribution in [0.4, 0.5) is 0 Å². The molecule has 1 fully saturated rings. The van der Waals surface area contributed by atoms with Crippen LogP contribution in [0.5, 0.6) is 0 Å². The summed E-state index contributed by atoms with van der Waals surface area (Å²) in [7, 11) is 1.82. The number of carbonyl (C=O) groups is 1. The van der Waals surface area contributed by atoms with Crippen molar-refractivity contribution in [2.24, 2.45) is 0 Å². The summed E-state index contributed by atoms with van der Waals surface area (Å²) in [5.74, 6) is 0.161. The molecule has 1 unspecified atom stereocenters. The molecule has 116 valence electrons. The molecule has 5 heteroatoms. The minimum Gasteiger partial charge on any atom is -0.341 e. The smallest absolute Gasteiger partial charge is 0.222 e. The monoisotopic (exact) mass is 328 g/mol. The van der Waals surface area contributed by atoms with Crippen molar-refractivity contribution < 1.29 is 4.79 Å². The van der Waals surface area contributed by atoms with Gasteiger partial charge in [-0.3, -0.25) is 4.79 Å². The Labute approximate surface area is 136 Å². The van der Waals surface area contributed by atoms with Crippen molar-refractivity contribution in [1.82, 2.24) is 10.2 Å². The molecule has 1 saturated heterocycles. The third-order valence-electron chi connectivity index (χ3n) is 3.97. The minimum absolute atomic E-state index is 0.161. The summed E-state index contributed by atoms with van der Waals surface area (Å²) < 4.78 is 0. The quantitative estimate of drug-likeness (QED) is 0.889. The first-order chi connectivity index (χ1) is 10.1. The molecule has 1 aromatic rings. The summed E-state index contributed by atoms with van der Waals surface area (Å²) in [4.78, 5) is 13.9. The predicted molar refractivity (Wildman–Crippen MR) is 87.8 cm³/mol. The summed E-state index contributed by atoms with van der Waals surface area (Å²) in [6.07, 6.45) is 5.19. The molecule has 1 aliphatic rings. The Kier molecular flexibility index (Phi) is 6.34. The first-order valence-corrected chi connectivity index (χ1v) is 8.23. The van der Waals surface area contributed by atoms with Gasteiger partial charge < -0.3 is 10.2 Å². The molecule has 0 bridgehead atoms. The molecule has 0 spiro atoms. The molecule has 0 saturated carbocycles. The van der Waals surface area contributed by atoms with E-state index in [4.69, 9.17) is 23.2 Å². The highest BCUT2D eigenvalue weighted by Crippen LogP contribution is 2.22. The molecule has 0 aliphatic carbocycles. The Hall–Kier alpha value is -0.770. The lowest BCUT2D eigenvalue weighted by Crippen LogP contribution is -2.35. The minimum atomic E-state index is 0.161. The molecule has 21 heavy (non-hydrogen) atoms. The van der Waals surface area contributed by atoms with Gasteiger partial charge in [0.05, 0.1) is 0 Å². The maximum atomic E-state index is 12.2. The van der Waals surface area contributed by atoms with Crippen molar-refractivity contribution in [3.8, 4) is 0 Å². The van der Waals surface area contributed by atoms with Gasteiger partial charge in [-0.2, -0.15) is 0 Å². The van der Waals surface area contributed by atoms with Crippen LogP contribution in [0.25, 0.3) is 0 Å². The number of hydrogen-bond acceptors (Lipinski definition) is 2. The van der Waals surface area contributed by atoms with Crippen LogP contribution in [0.1, 0.15) is 37.7 Å². The van der Waals surface area contributed by atoms with Gasteiger partial charge in [0.15, 0.2) is 0 Å². The Balaban J connectivity index is 1.81. The van der Waals surface area contributed by atoms with Crippen molar-refractivity contribution in [1.29, 1.82) is 0 Å². The molecule has 3 nitrogen and oxygen atoms in total. The van der Waals surface area contributed by atoms with E-state index in [1.807, 2.05) is 13.1 Å². The average Bonchev–Trinajstić information content (AvgIpc) is 2.48. The van der Waals surface area contributed by atoms with Gasteiger partial charge in [-0.15, -0.1) is 0 Å².